The van der Waals surface area contributed by atoms with E-state index in [0.717, 1.165) is 27.7 Å². The summed E-state index contributed by atoms with van der Waals surface area (Å²) in [6.07, 6.45) is 0. The van der Waals surface area contributed by atoms with Crippen LogP contribution in [0, 0.1) is 5.41 Å². The standard InChI is InChI=1S/C21H17N3.ClH/c22-21(23)18-11-10-17-12-19(24-20(17)13-18)16-8-6-15(7-9-16)14-4-2-1-3-5-14;/h1-13,24H,(H3,22,23);1H. The molecule has 3 aromatic carbocycles. The van der Waals surface area contributed by atoms with Gasteiger partial charge in [-0.05, 0) is 28.8 Å². The number of nitrogens with two attached hydrogens (primary N) is 1. The van der Waals surface area contributed by atoms with Crippen molar-refractivity contribution >= 4 is 29.1 Å². The van der Waals surface area contributed by atoms with Gasteiger partial charge in [-0.3, -0.25) is 5.41 Å². The number of amidine groups is 1. The van der Waals surface area contributed by atoms with Gasteiger partial charge >= 0.3 is 0 Å². The predicted octanol–water partition coefficient (Wildman–Crippen LogP) is 5.21. The van der Waals surface area contributed by atoms with Crippen LogP contribution in [0.4, 0.5) is 0 Å². The summed E-state index contributed by atoms with van der Waals surface area (Å²) in [5, 5.41) is 8.66. The highest BCUT2D eigenvalue weighted by Gasteiger charge is 2.06. The second kappa shape index (κ2) is 6.83. The third-order valence-corrected chi connectivity index (χ3v) is 4.24. The van der Waals surface area contributed by atoms with Crippen LogP contribution in [0.2, 0.25) is 0 Å². The largest absolute Gasteiger partial charge is 0.384 e. The molecule has 0 fully saturated rings. The average Bonchev–Trinajstić information content (AvgIpc) is 3.06. The lowest BCUT2D eigenvalue weighted by atomic mass is 10.0. The normalized spacial score (nSPS) is 10.4. The molecule has 0 atom stereocenters. The van der Waals surface area contributed by atoms with E-state index in [-0.39, 0.29) is 18.2 Å². The first-order valence-electron chi connectivity index (χ1n) is 7.84. The molecule has 4 aromatic rings. The quantitative estimate of drug-likeness (QED) is 0.346. The molecule has 1 heterocycles. The molecule has 0 unspecified atom stereocenters. The Morgan fingerprint density at radius 2 is 1.40 bits per heavy atom. The number of halogens is 1. The van der Waals surface area contributed by atoms with Crippen LogP contribution in [0.1, 0.15) is 5.56 Å². The lowest BCUT2D eigenvalue weighted by Crippen LogP contribution is -2.10. The van der Waals surface area contributed by atoms with E-state index in [1.165, 1.54) is 11.1 Å². The Morgan fingerprint density at radius 1 is 0.760 bits per heavy atom. The first kappa shape index (κ1) is 16.8. The minimum absolute atomic E-state index is 0. The van der Waals surface area contributed by atoms with Crippen molar-refractivity contribution in [2.24, 2.45) is 5.73 Å². The fraction of sp³-hybridized carbons (Fsp3) is 0. The van der Waals surface area contributed by atoms with Crippen LogP contribution in [-0.2, 0) is 0 Å². The van der Waals surface area contributed by atoms with E-state index in [4.69, 9.17) is 11.1 Å². The van der Waals surface area contributed by atoms with Gasteiger partial charge in [-0.2, -0.15) is 0 Å². The summed E-state index contributed by atoms with van der Waals surface area (Å²) in [6, 6.07) is 26.8. The minimum atomic E-state index is 0. The number of hydrogen-bond acceptors (Lipinski definition) is 1. The van der Waals surface area contributed by atoms with Gasteiger partial charge in [0.05, 0.1) is 0 Å². The third kappa shape index (κ3) is 3.28. The number of fused-ring (bicyclic) bond motifs is 1. The van der Waals surface area contributed by atoms with Crippen LogP contribution in [0.5, 0.6) is 0 Å². The molecule has 0 radical (unpaired) electrons. The molecule has 0 bridgehead atoms. The monoisotopic (exact) mass is 347 g/mol. The molecule has 0 saturated heterocycles. The van der Waals surface area contributed by atoms with Gasteiger partial charge in [-0.25, -0.2) is 0 Å². The van der Waals surface area contributed by atoms with E-state index < -0.39 is 0 Å². The zero-order valence-electron chi connectivity index (χ0n) is 13.5. The highest BCUT2D eigenvalue weighted by molar-refractivity contribution is 5.99. The molecule has 4 N–H and O–H groups in total. The van der Waals surface area contributed by atoms with E-state index in [2.05, 4.69) is 47.4 Å². The van der Waals surface area contributed by atoms with Crippen molar-refractivity contribution in [3.8, 4) is 22.4 Å². The van der Waals surface area contributed by atoms with E-state index >= 15 is 0 Å². The molecule has 4 heteroatoms. The first-order chi connectivity index (χ1) is 11.7. The van der Waals surface area contributed by atoms with Crippen molar-refractivity contribution in [1.29, 1.82) is 5.41 Å². The number of aromatic nitrogens is 1. The van der Waals surface area contributed by atoms with Gasteiger partial charge in [0.15, 0.2) is 0 Å². The SMILES string of the molecule is Cl.N=C(N)c1ccc2cc(-c3ccc(-c4ccccc4)cc3)[nH]c2c1. The highest BCUT2D eigenvalue weighted by Crippen LogP contribution is 2.27. The topological polar surface area (TPSA) is 65.7 Å². The van der Waals surface area contributed by atoms with Crippen molar-refractivity contribution in [3.63, 3.8) is 0 Å². The van der Waals surface area contributed by atoms with Crippen LogP contribution in [0.3, 0.4) is 0 Å². The minimum Gasteiger partial charge on any atom is -0.384 e. The second-order valence-electron chi connectivity index (χ2n) is 5.84. The lowest BCUT2D eigenvalue weighted by molar-refractivity contribution is 1.42. The predicted molar refractivity (Wildman–Crippen MR) is 107 cm³/mol. The van der Waals surface area contributed by atoms with Crippen LogP contribution in [0.15, 0.2) is 78.9 Å². The van der Waals surface area contributed by atoms with Gasteiger partial charge in [0.2, 0.25) is 0 Å². The number of nitrogens with one attached hydrogen (secondary N) is 2. The van der Waals surface area contributed by atoms with Crippen molar-refractivity contribution in [3.05, 3.63) is 84.4 Å². The summed E-state index contributed by atoms with van der Waals surface area (Å²) < 4.78 is 0. The van der Waals surface area contributed by atoms with E-state index in [1.54, 1.807) is 0 Å². The number of hydrogen-bond donors (Lipinski definition) is 3. The zero-order valence-corrected chi connectivity index (χ0v) is 14.3. The van der Waals surface area contributed by atoms with Crippen LogP contribution < -0.4 is 5.73 Å². The molecule has 0 amide bonds. The Hall–Kier alpha value is -3.04. The molecule has 25 heavy (non-hydrogen) atoms. The van der Waals surface area contributed by atoms with Gasteiger partial charge in [0.25, 0.3) is 0 Å². The first-order valence-corrected chi connectivity index (χ1v) is 7.84. The lowest BCUT2D eigenvalue weighted by Gasteiger charge is -2.03. The Kier molecular flexibility index (Phi) is 4.59. The number of benzene rings is 3. The molecule has 1 aromatic heterocycles. The Bertz CT molecular complexity index is 1020. The Morgan fingerprint density at radius 3 is 2.08 bits per heavy atom. The molecule has 0 aliphatic carbocycles. The van der Waals surface area contributed by atoms with Crippen LogP contribution in [-0.4, -0.2) is 10.8 Å². The number of H-pyrrole nitrogens is 1. The van der Waals surface area contributed by atoms with E-state index in [1.807, 2.05) is 36.4 Å². The summed E-state index contributed by atoms with van der Waals surface area (Å²) in [5.74, 6) is 0.0836. The molecule has 0 saturated carbocycles. The smallest absolute Gasteiger partial charge is 0.122 e. The molecule has 124 valence electrons. The van der Waals surface area contributed by atoms with E-state index in [9.17, 15) is 0 Å². The molecular weight excluding hydrogens is 330 g/mol. The van der Waals surface area contributed by atoms with Crippen molar-refractivity contribution in [1.82, 2.24) is 4.98 Å². The van der Waals surface area contributed by atoms with Crippen LogP contribution in [0.25, 0.3) is 33.3 Å². The van der Waals surface area contributed by atoms with Gasteiger partial charge in [0, 0.05) is 22.2 Å². The fourth-order valence-electron chi connectivity index (χ4n) is 2.92. The summed E-state index contributed by atoms with van der Waals surface area (Å²) in [4.78, 5) is 3.41. The molecule has 4 rings (SSSR count). The molecular formula is C21H18ClN3. The van der Waals surface area contributed by atoms with Gasteiger partial charge in [-0.1, -0.05) is 66.7 Å². The number of rotatable bonds is 3. The Labute approximate surface area is 152 Å². The number of nitrogen functional groups attached to an aromatic ring is 1. The van der Waals surface area contributed by atoms with E-state index in [0.29, 0.717) is 0 Å². The maximum atomic E-state index is 7.55. The van der Waals surface area contributed by atoms with Gasteiger partial charge < -0.3 is 10.7 Å². The number of aromatic amines is 1. The molecule has 3 nitrogen and oxygen atoms in total. The van der Waals surface area contributed by atoms with Crippen molar-refractivity contribution in [2.45, 2.75) is 0 Å². The van der Waals surface area contributed by atoms with Gasteiger partial charge in [-0.15, -0.1) is 12.4 Å². The third-order valence-electron chi connectivity index (χ3n) is 4.24. The fourth-order valence-corrected chi connectivity index (χ4v) is 2.92. The summed E-state index contributed by atoms with van der Waals surface area (Å²) in [7, 11) is 0. The van der Waals surface area contributed by atoms with Gasteiger partial charge in [0.1, 0.15) is 5.84 Å². The van der Waals surface area contributed by atoms with Crippen molar-refractivity contribution < 1.29 is 0 Å². The average molecular weight is 348 g/mol. The molecule has 0 spiro atoms. The maximum absolute atomic E-state index is 7.55. The molecule has 0 aliphatic heterocycles. The summed E-state index contributed by atoms with van der Waals surface area (Å²) in [5.41, 5.74) is 11.9. The highest BCUT2D eigenvalue weighted by atomic mass is 35.5. The zero-order chi connectivity index (χ0) is 16.5. The Balaban J connectivity index is 0.00000182. The van der Waals surface area contributed by atoms with Crippen molar-refractivity contribution in [2.75, 3.05) is 0 Å². The second-order valence-corrected chi connectivity index (χ2v) is 5.84. The van der Waals surface area contributed by atoms with Crippen LogP contribution >= 0.6 is 12.4 Å². The molecule has 0 aliphatic rings. The summed E-state index contributed by atoms with van der Waals surface area (Å²) in [6.45, 7) is 0. The summed E-state index contributed by atoms with van der Waals surface area (Å²) >= 11 is 0. The maximum Gasteiger partial charge on any atom is 0.122 e.